The molecular formula is C30H20F3. The van der Waals surface area contributed by atoms with Crippen LogP contribution in [0.4, 0.5) is 13.2 Å². The van der Waals surface area contributed by atoms with Crippen LogP contribution in [-0.4, -0.2) is 0 Å². The Labute approximate surface area is 191 Å². The highest BCUT2D eigenvalue weighted by molar-refractivity contribution is 5.94. The number of hydrogen-bond donors (Lipinski definition) is 0. The minimum Gasteiger partial charge on any atom is -0.166 e. The third-order valence-corrected chi connectivity index (χ3v) is 5.96. The van der Waals surface area contributed by atoms with E-state index < -0.39 is 11.7 Å². The Morgan fingerprint density at radius 3 is 1.85 bits per heavy atom. The SMILES string of the molecule is FC(F)(F)c1ccc[c]c1-c1ccc2ccccc2c1C(c1ccccc1)c1ccccc1. The molecule has 0 atom stereocenters. The summed E-state index contributed by atoms with van der Waals surface area (Å²) in [4.78, 5) is 0. The third-order valence-electron chi connectivity index (χ3n) is 5.96. The quantitative estimate of drug-likeness (QED) is 0.247. The van der Waals surface area contributed by atoms with Gasteiger partial charge in [-0.25, -0.2) is 0 Å². The molecule has 1 radical (unpaired) electrons. The standard InChI is InChI=1S/C30H20F3/c31-30(32,33)27-18-10-9-17-25(27)26-20-19-21-11-7-8-16-24(21)29(26)28(22-12-3-1-4-13-22)23-14-5-2-6-15-23/h1-16,18-20,28H. The first-order valence-electron chi connectivity index (χ1n) is 10.7. The molecule has 0 saturated heterocycles. The maximum atomic E-state index is 14.0. The summed E-state index contributed by atoms with van der Waals surface area (Å²) in [7, 11) is 0. The predicted molar refractivity (Wildman–Crippen MR) is 127 cm³/mol. The van der Waals surface area contributed by atoms with E-state index in [9.17, 15) is 13.2 Å². The Morgan fingerprint density at radius 1 is 0.606 bits per heavy atom. The lowest BCUT2D eigenvalue weighted by atomic mass is 9.78. The highest BCUT2D eigenvalue weighted by Gasteiger charge is 2.35. The highest BCUT2D eigenvalue weighted by atomic mass is 19.4. The van der Waals surface area contributed by atoms with Crippen LogP contribution >= 0.6 is 0 Å². The van der Waals surface area contributed by atoms with Gasteiger partial charge < -0.3 is 0 Å². The topological polar surface area (TPSA) is 0 Å². The van der Waals surface area contributed by atoms with Crippen molar-refractivity contribution in [2.45, 2.75) is 12.1 Å². The van der Waals surface area contributed by atoms with Crippen LogP contribution in [-0.2, 0) is 6.18 Å². The number of fused-ring (bicyclic) bond motifs is 1. The molecule has 0 fully saturated rings. The van der Waals surface area contributed by atoms with E-state index in [0.717, 1.165) is 33.5 Å². The fraction of sp³-hybridized carbons (Fsp3) is 0.0667. The summed E-state index contributed by atoms with van der Waals surface area (Å²) < 4.78 is 42.0. The molecule has 0 N–H and O–H groups in total. The van der Waals surface area contributed by atoms with Crippen LogP contribution in [0.15, 0.2) is 115 Å². The second-order valence-electron chi connectivity index (χ2n) is 7.96. The third kappa shape index (κ3) is 4.03. The summed E-state index contributed by atoms with van der Waals surface area (Å²) in [5.41, 5.74) is 2.82. The molecule has 0 aliphatic rings. The molecule has 0 aromatic heterocycles. The zero-order valence-electron chi connectivity index (χ0n) is 17.7. The monoisotopic (exact) mass is 437 g/mol. The smallest absolute Gasteiger partial charge is 0.166 e. The van der Waals surface area contributed by atoms with Crippen molar-refractivity contribution in [1.29, 1.82) is 0 Å². The van der Waals surface area contributed by atoms with Crippen molar-refractivity contribution in [3.63, 3.8) is 0 Å². The molecule has 0 amide bonds. The van der Waals surface area contributed by atoms with Gasteiger partial charge in [-0.3, -0.25) is 0 Å². The minimum absolute atomic E-state index is 0.0719. The van der Waals surface area contributed by atoms with Gasteiger partial charge in [0.25, 0.3) is 0 Å². The number of halogens is 3. The highest BCUT2D eigenvalue weighted by Crippen LogP contribution is 2.45. The average Bonchev–Trinajstić information content (AvgIpc) is 2.85. The van der Waals surface area contributed by atoms with Gasteiger partial charge in [-0.1, -0.05) is 109 Å². The lowest BCUT2D eigenvalue weighted by Crippen LogP contribution is -2.10. The molecule has 33 heavy (non-hydrogen) atoms. The van der Waals surface area contributed by atoms with Gasteiger partial charge in [0.05, 0.1) is 5.56 Å². The molecule has 0 nitrogen and oxygen atoms in total. The average molecular weight is 437 g/mol. The van der Waals surface area contributed by atoms with Crippen LogP contribution in [0.2, 0.25) is 0 Å². The first-order valence-corrected chi connectivity index (χ1v) is 10.7. The Balaban J connectivity index is 1.90. The van der Waals surface area contributed by atoms with Crippen molar-refractivity contribution >= 4 is 10.8 Å². The molecule has 5 aromatic rings. The largest absolute Gasteiger partial charge is 0.417 e. The Morgan fingerprint density at radius 2 is 1.21 bits per heavy atom. The van der Waals surface area contributed by atoms with Gasteiger partial charge >= 0.3 is 6.18 Å². The normalized spacial score (nSPS) is 11.8. The van der Waals surface area contributed by atoms with Crippen LogP contribution in [0.5, 0.6) is 0 Å². The summed E-state index contributed by atoms with van der Waals surface area (Å²) >= 11 is 0. The number of rotatable bonds is 4. The van der Waals surface area contributed by atoms with Crippen molar-refractivity contribution in [3.05, 3.63) is 144 Å². The van der Waals surface area contributed by atoms with Gasteiger partial charge in [-0.15, -0.1) is 0 Å². The van der Waals surface area contributed by atoms with Crippen LogP contribution < -0.4 is 0 Å². The van der Waals surface area contributed by atoms with Crippen LogP contribution in [0.25, 0.3) is 21.9 Å². The van der Waals surface area contributed by atoms with Gasteiger partial charge in [-0.05, 0) is 45.2 Å². The summed E-state index contributed by atoms with van der Waals surface area (Å²) in [6.45, 7) is 0. The number of benzene rings is 5. The first kappa shape index (κ1) is 21.0. The summed E-state index contributed by atoms with van der Waals surface area (Å²) in [5, 5.41) is 1.91. The molecule has 161 valence electrons. The van der Waals surface area contributed by atoms with E-state index in [-0.39, 0.29) is 11.5 Å². The van der Waals surface area contributed by atoms with Crippen molar-refractivity contribution in [1.82, 2.24) is 0 Å². The predicted octanol–water partition coefficient (Wildman–Crippen LogP) is 8.51. The van der Waals surface area contributed by atoms with Crippen molar-refractivity contribution in [2.24, 2.45) is 0 Å². The van der Waals surface area contributed by atoms with Crippen molar-refractivity contribution in [3.8, 4) is 11.1 Å². The Hall–Kier alpha value is -3.85. The van der Waals surface area contributed by atoms with E-state index >= 15 is 0 Å². The number of alkyl halides is 3. The molecule has 0 aliphatic carbocycles. The zero-order chi connectivity index (χ0) is 22.8. The fourth-order valence-corrected chi connectivity index (χ4v) is 4.54. The lowest BCUT2D eigenvalue weighted by Gasteiger charge is -2.25. The lowest BCUT2D eigenvalue weighted by molar-refractivity contribution is -0.137. The summed E-state index contributed by atoms with van der Waals surface area (Å²) in [6.07, 6.45) is -4.48. The molecule has 0 saturated carbocycles. The molecule has 5 aromatic carbocycles. The zero-order valence-corrected chi connectivity index (χ0v) is 17.7. The Bertz CT molecular complexity index is 1350. The van der Waals surface area contributed by atoms with E-state index in [0.29, 0.717) is 5.56 Å². The first-order chi connectivity index (χ1) is 16.0. The van der Waals surface area contributed by atoms with Gasteiger partial charge in [-0.2, -0.15) is 13.2 Å². The van der Waals surface area contributed by atoms with E-state index in [2.05, 4.69) is 6.07 Å². The molecule has 3 heteroatoms. The van der Waals surface area contributed by atoms with E-state index in [4.69, 9.17) is 0 Å². The van der Waals surface area contributed by atoms with Crippen molar-refractivity contribution < 1.29 is 13.2 Å². The fourth-order valence-electron chi connectivity index (χ4n) is 4.54. The maximum Gasteiger partial charge on any atom is 0.417 e. The van der Waals surface area contributed by atoms with Gasteiger partial charge in [0.2, 0.25) is 0 Å². The molecule has 0 bridgehead atoms. The summed E-state index contributed by atoms with van der Waals surface area (Å²) in [5.74, 6) is -0.247. The molecule has 0 spiro atoms. The molecule has 0 aliphatic heterocycles. The molecule has 0 heterocycles. The van der Waals surface area contributed by atoms with Crippen LogP contribution in [0.3, 0.4) is 0 Å². The van der Waals surface area contributed by atoms with Gasteiger partial charge in [0, 0.05) is 11.5 Å². The van der Waals surface area contributed by atoms with Crippen LogP contribution in [0, 0.1) is 6.07 Å². The van der Waals surface area contributed by atoms with Gasteiger partial charge in [0.1, 0.15) is 0 Å². The van der Waals surface area contributed by atoms with Crippen molar-refractivity contribution in [2.75, 3.05) is 0 Å². The van der Waals surface area contributed by atoms with E-state index in [1.807, 2.05) is 91.0 Å². The Kier molecular flexibility index (Phi) is 5.47. The summed E-state index contributed by atoms with van der Waals surface area (Å²) in [6, 6.07) is 38.4. The molecular weight excluding hydrogens is 417 g/mol. The molecule has 5 rings (SSSR count). The second kappa shape index (κ2) is 8.59. The van der Waals surface area contributed by atoms with Crippen LogP contribution in [0.1, 0.15) is 28.2 Å². The van der Waals surface area contributed by atoms with Gasteiger partial charge in [0.15, 0.2) is 0 Å². The van der Waals surface area contributed by atoms with E-state index in [1.165, 1.54) is 6.07 Å². The minimum atomic E-state index is -4.48. The molecule has 0 unspecified atom stereocenters. The van der Waals surface area contributed by atoms with E-state index in [1.54, 1.807) is 12.1 Å². The maximum absolute atomic E-state index is 14.0. The number of hydrogen-bond acceptors (Lipinski definition) is 0. The second-order valence-corrected chi connectivity index (χ2v) is 7.96.